The van der Waals surface area contributed by atoms with Crippen LogP contribution in [0.2, 0.25) is 5.02 Å². The molecule has 0 aromatic heterocycles. The quantitative estimate of drug-likeness (QED) is 0.883. The Morgan fingerprint density at radius 3 is 2.94 bits per heavy atom. The molecule has 1 atom stereocenters. The van der Waals surface area contributed by atoms with E-state index < -0.39 is 11.7 Å². The lowest BCUT2D eigenvalue weighted by atomic mass is 10.2. The molecule has 0 bridgehead atoms. The summed E-state index contributed by atoms with van der Waals surface area (Å²) in [6.07, 6.45) is 0.213. The maximum Gasteiger partial charge on any atom is 0.253 e. The standard InChI is InChI=1S/C11H10ClFN2O/c1-7(4-5-14)15-11(16)9-3-2-8(13)6-10(9)12/h2-3,6-7H,4H2,1H3,(H,15,16). The van der Waals surface area contributed by atoms with Gasteiger partial charge in [0, 0.05) is 6.04 Å². The lowest BCUT2D eigenvalue weighted by Crippen LogP contribution is -2.32. The van der Waals surface area contributed by atoms with Crippen molar-refractivity contribution < 1.29 is 9.18 Å². The van der Waals surface area contributed by atoms with Crippen molar-refractivity contribution in [3.05, 3.63) is 34.6 Å². The van der Waals surface area contributed by atoms with Crippen molar-refractivity contribution in [3.8, 4) is 6.07 Å². The van der Waals surface area contributed by atoms with Gasteiger partial charge in [-0.25, -0.2) is 4.39 Å². The third-order valence-electron chi connectivity index (χ3n) is 1.95. The van der Waals surface area contributed by atoms with E-state index in [0.29, 0.717) is 0 Å². The van der Waals surface area contributed by atoms with Gasteiger partial charge < -0.3 is 5.32 Å². The average molecular weight is 241 g/mol. The van der Waals surface area contributed by atoms with Crippen molar-refractivity contribution in [2.75, 3.05) is 0 Å². The molecular weight excluding hydrogens is 231 g/mol. The van der Waals surface area contributed by atoms with Crippen LogP contribution in [0.25, 0.3) is 0 Å². The molecule has 1 N–H and O–H groups in total. The van der Waals surface area contributed by atoms with E-state index in [-0.39, 0.29) is 23.0 Å². The fraction of sp³-hybridized carbons (Fsp3) is 0.273. The minimum absolute atomic E-state index is 0.0571. The molecule has 1 amide bonds. The van der Waals surface area contributed by atoms with Crippen LogP contribution in [0.1, 0.15) is 23.7 Å². The number of nitriles is 1. The Morgan fingerprint density at radius 2 is 2.38 bits per heavy atom. The third-order valence-corrected chi connectivity index (χ3v) is 2.26. The number of carbonyl (C=O) groups excluding carboxylic acids is 1. The zero-order valence-electron chi connectivity index (χ0n) is 8.63. The van der Waals surface area contributed by atoms with Crippen molar-refractivity contribution >= 4 is 17.5 Å². The van der Waals surface area contributed by atoms with Gasteiger partial charge in [-0.15, -0.1) is 0 Å². The summed E-state index contributed by atoms with van der Waals surface area (Å²) in [6.45, 7) is 1.71. The maximum atomic E-state index is 12.7. The van der Waals surface area contributed by atoms with E-state index in [2.05, 4.69) is 5.32 Å². The van der Waals surface area contributed by atoms with Crippen LogP contribution in [-0.2, 0) is 0 Å². The molecule has 0 aliphatic rings. The Morgan fingerprint density at radius 1 is 1.69 bits per heavy atom. The van der Waals surface area contributed by atoms with Crippen LogP contribution in [0.3, 0.4) is 0 Å². The molecule has 0 heterocycles. The summed E-state index contributed by atoms with van der Waals surface area (Å²) in [5, 5.41) is 11.1. The summed E-state index contributed by atoms with van der Waals surface area (Å²) in [7, 11) is 0. The lowest BCUT2D eigenvalue weighted by Gasteiger charge is -2.11. The van der Waals surface area contributed by atoms with Crippen molar-refractivity contribution in [1.29, 1.82) is 5.26 Å². The van der Waals surface area contributed by atoms with Gasteiger partial charge in [0.2, 0.25) is 0 Å². The first-order valence-corrected chi connectivity index (χ1v) is 5.05. The zero-order chi connectivity index (χ0) is 12.1. The molecule has 0 spiro atoms. The molecule has 0 aliphatic heterocycles. The molecule has 1 aromatic rings. The highest BCUT2D eigenvalue weighted by atomic mass is 35.5. The van der Waals surface area contributed by atoms with Gasteiger partial charge in [0.15, 0.2) is 0 Å². The van der Waals surface area contributed by atoms with Crippen molar-refractivity contribution in [3.63, 3.8) is 0 Å². The van der Waals surface area contributed by atoms with E-state index >= 15 is 0 Å². The number of amides is 1. The normalized spacial score (nSPS) is 11.6. The monoisotopic (exact) mass is 240 g/mol. The molecule has 84 valence electrons. The highest BCUT2D eigenvalue weighted by Gasteiger charge is 2.13. The van der Waals surface area contributed by atoms with Crippen molar-refractivity contribution in [2.24, 2.45) is 0 Å². The number of nitrogens with one attached hydrogen (secondary N) is 1. The molecule has 1 unspecified atom stereocenters. The van der Waals surface area contributed by atoms with Crippen LogP contribution in [-0.4, -0.2) is 11.9 Å². The van der Waals surface area contributed by atoms with Crippen LogP contribution in [0.15, 0.2) is 18.2 Å². The molecule has 0 aliphatic carbocycles. The number of halogens is 2. The van der Waals surface area contributed by atoms with Gasteiger partial charge in [-0.05, 0) is 25.1 Å². The summed E-state index contributed by atoms with van der Waals surface area (Å²) in [5.74, 6) is -0.903. The Balaban J connectivity index is 2.78. The number of carbonyl (C=O) groups is 1. The number of hydrogen-bond donors (Lipinski definition) is 1. The molecular formula is C11H10ClFN2O. The SMILES string of the molecule is CC(CC#N)NC(=O)c1ccc(F)cc1Cl. The summed E-state index contributed by atoms with van der Waals surface area (Å²) < 4.78 is 12.7. The highest BCUT2D eigenvalue weighted by Crippen LogP contribution is 2.17. The third kappa shape index (κ3) is 3.21. The minimum Gasteiger partial charge on any atom is -0.349 e. The summed E-state index contributed by atoms with van der Waals surface area (Å²) >= 11 is 5.72. The number of hydrogen-bond acceptors (Lipinski definition) is 2. The molecule has 0 saturated heterocycles. The highest BCUT2D eigenvalue weighted by molar-refractivity contribution is 6.33. The zero-order valence-corrected chi connectivity index (χ0v) is 9.38. The lowest BCUT2D eigenvalue weighted by molar-refractivity contribution is 0.0941. The number of nitrogens with zero attached hydrogens (tertiary/aromatic N) is 1. The van der Waals surface area contributed by atoms with Gasteiger partial charge in [-0.3, -0.25) is 4.79 Å². The smallest absolute Gasteiger partial charge is 0.253 e. The Labute approximate surface area is 97.8 Å². The molecule has 0 fully saturated rings. The topological polar surface area (TPSA) is 52.9 Å². The van der Waals surface area contributed by atoms with Crippen LogP contribution in [0.5, 0.6) is 0 Å². The van der Waals surface area contributed by atoms with E-state index in [1.807, 2.05) is 6.07 Å². The molecule has 16 heavy (non-hydrogen) atoms. The average Bonchev–Trinajstić information content (AvgIpc) is 2.17. The van der Waals surface area contributed by atoms with Crippen molar-refractivity contribution in [1.82, 2.24) is 5.32 Å². The second-order valence-corrected chi connectivity index (χ2v) is 3.77. The second-order valence-electron chi connectivity index (χ2n) is 3.36. The first-order valence-electron chi connectivity index (χ1n) is 4.67. The van der Waals surface area contributed by atoms with E-state index in [1.54, 1.807) is 6.92 Å². The van der Waals surface area contributed by atoms with Crippen LogP contribution in [0.4, 0.5) is 4.39 Å². The largest absolute Gasteiger partial charge is 0.349 e. The van der Waals surface area contributed by atoms with Gasteiger partial charge in [0.1, 0.15) is 5.82 Å². The van der Waals surface area contributed by atoms with E-state index in [9.17, 15) is 9.18 Å². The van der Waals surface area contributed by atoms with Crippen LogP contribution in [0, 0.1) is 17.1 Å². The Hall–Kier alpha value is -1.60. The summed E-state index contributed by atoms with van der Waals surface area (Å²) in [6, 6.07) is 5.22. The van der Waals surface area contributed by atoms with Crippen LogP contribution < -0.4 is 5.32 Å². The number of rotatable bonds is 3. The fourth-order valence-corrected chi connectivity index (χ4v) is 1.42. The molecule has 5 heteroatoms. The first-order chi connectivity index (χ1) is 7.54. The van der Waals surface area contributed by atoms with Gasteiger partial charge in [-0.2, -0.15) is 5.26 Å². The van der Waals surface area contributed by atoms with Gasteiger partial charge in [0.05, 0.1) is 23.1 Å². The van der Waals surface area contributed by atoms with Gasteiger partial charge in [-0.1, -0.05) is 11.6 Å². The van der Waals surface area contributed by atoms with Crippen LogP contribution >= 0.6 is 11.6 Å². The van der Waals surface area contributed by atoms with E-state index in [0.717, 1.165) is 12.1 Å². The first kappa shape index (κ1) is 12.5. The van der Waals surface area contributed by atoms with Gasteiger partial charge >= 0.3 is 0 Å². The molecule has 0 radical (unpaired) electrons. The Bertz CT molecular complexity index is 442. The summed E-state index contributed by atoms with van der Waals surface area (Å²) in [4.78, 5) is 11.6. The van der Waals surface area contributed by atoms with Gasteiger partial charge in [0.25, 0.3) is 5.91 Å². The van der Waals surface area contributed by atoms with Crippen molar-refractivity contribution in [2.45, 2.75) is 19.4 Å². The molecule has 3 nitrogen and oxygen atoms in total. The maximum absolute atomic E-state index is 12.7. The van der Waals surface area contributed by atoms with E-state index in [4.69, 9.17) is 16.9 Å². The second kappa shape index (κ2) is 5.47. The van der Waals surface area contributed by atoms with E-state index in [1.165, 1.54) is 6.07 Å². The Kier molecular flexibility index (Phi) is 4.27. The molecule has 1 rings (SSSR count). The fourth-order valence-electron chi connectivity index (χ4n) is 1.16. The summed E-state index contributed by atoms with van der Waals surface area (Å²) in [5.41, 5.74) is 0.202. The minimum atomic E-state index is -0.494. The molecule has 0 saturated carbocycles. The molecule has 1 aromatic carbocycles. The predicted octanol–water partition coefficient (Wildman–Crippen LogP) is 2.51. The predicted molar refractivity (Wildman–Crippen MR) is 58.6 cm³/mol. The number of benzene rings is 1.